The fourth-order valence-electron chi connectivity index (χ4n) is 1.86. The van der Waals surface area contributed by atoms with Crippen LogP contribution in [0.5, 0.6) is 5.75 Å². The van der Waals surface area contributed by atoms with Crippen molar-refractivity contribution in [1.82, 2.24) is 4.98 Å². The molecule has 1 aromatic carbocycles. The molecule has 0 fully saturated rings. The second-order valence-corrected chi connectivity index (χ2v) is 4.84. The third kappa shape index (κ3) is 3.46. The fraction of sp³-hybridized carbons (Fsp3) is 0.267. The lowest BCUT2D eigenvalue weighted by atomic mass is 10.2. The van der Waals surface area contributed by atoms with Gasteiger partial charge in [0.05, 0.1) is 10.7 Å². The third-order valence-electron chi connectivity index (χ3n) is 2.87. The Morgan fingerprint density at radius 3 is 2.85 bits per heavy atom. The van der Waals surface area contributed by atoms with Gasteiger partial charge in [0.1, 0.15) is 18.2 Å². The molecular formula is C15H16ClFN2O. The Labute approximate surface area is 122 Å². The van der Waals surface area contributed by atoms with E-state index >= 15 is 0 Å². The summed E-state index contributed by atoms with van der Waals surface area (Å²) in [4.78, 5) is 4.39. The molecule has 2 aromatic rings. The summed E-state index contributed by atoms with van der Waals surface area (Å²) in [6.07, 6.45) is 0.620. The number of nitrogens with two attached hydrogens (primary N) is 1. The van der Waals surface area contributed by atoms with Crippen LogP contribution in [0.1, 0.15) is 17.0 Å². The highest BCUT2D eigenvalue weighted by Crippen LogP contribution is 2.22. The van der Waals surface area contributed by atoms with Crippen molar-refractivity contribution in [2.75, 3.05) is 6.54 Å². The predicted octanol–water partition coefficient (Wildman–Crippen LogP) is 3.26. The molecule has 20 heavy (non-hydrogen) atoms. The molecule has 1 aromatic heterocycles. The number of benzene rings is 1. The molecule has 3 nitrogen and oxygen atoms in total. The van der Waals surface area contributed by atoms with E-state index in [1.54, 1.807) is 12.1 Å². The van der Waals surface area contributed by atoms with Gasteiger partial charge in [0.15, 0.2) is 0 Å². The topological polar surface area (TPSA) is 48.1 Å². The number of aryl methyl sites for hydroxylation is 1. The van der Waals surface area contributed by atoms with Crippen molar-refractivity contribution in [2.45, 2.75) is 20.0 Å². The summed E-state index contributed by atoms with van der Waals surface area (Å²) in [5.41, 5.74) is 7.66. The second-order valence-electron chi connectivity index (χ2n) is 4.44. The largest absolute Gasteiger partial charge is 0.487 e. The van der Waals surface area contributed by atoms with Gasteiger partial charge < -0.3 is 10.5 Å². The number of nitrogens with zero attached hydrogens (tertiary/aromatic N) is 1. The molecule has 0 bridgehead atoms. The number of hydrogen-bond donors (Lipinski definition) is 1. The monoisotopic (exact) mass is 294 g/mol. The van der Waals surface area contributed by atoms with E-state index in [-0.39, 0.29) is 11.6 Å². The van der Waals surface area contributed by atoms with Crippen LogP contribution < -0.4 is 10.5 Å². The summed E-state index contributed by atoms with van der Waals surface area (Å²) in [6, 6.07) is 8.52. The van der Waals surface area contributed by atoms with E-state index in [1.165, 1.54) is 6.07 Å². The van der Waals surface area contributed by atoms with Crippen molar-refractivity contribution in [3.63, 3.8) is 0 Å². The zero-order valence-electron chi connectivity index (χ0n) is 11.2. The van der Waals surface area contributed by atoms with Crippen LogP contribution in [0.15, 0.2) is 30.3 Å². The van der Waals surface area contributed by atoms with Gasteiger partial charge in [-0.2, -0.15) is 0 Å². The zero-order chi connectivity index (χ0) is 14.5. The van der Waals surface area contributed by atoms with Gasteiger partial charge in [-0.15, -0.1) is 0 Å². The highest BCUT2D eigenvalue weighted by Gasteiger charge is 2.09. The van der Waals surface area contributed by atoms with Crippen molar-refractivity contribution in [3.8, 4) is 5.75 Å². The number of ether oxygens (including phenoxy) is 1. The number of rotatable bonds is 5. The van der Waals surface area contributed by atoms with Crippen molar-refractivity contribution in [1.29, 1.82) is 0 Å². The van der Waals surface area contributed by atoms with Gasteiger partial charge in [-0.25, -0.2) is 4.39 Å². The molecule has 0 spiro atoms. The number of halogens is 2. The van der Waals surface area contributed by atoms with E-state index in [0.717, 1.165) is 11.4 Å². The van der Waals surface area contributed by atoms with Crippen LogP contribution in [-0.4, -0.2) is 11.5 Å². The Balaban J connectivity index is 2.16. The first-order valence-electron chi connectivity index (χ1n) is 6.34. The maximum Gasteiger partial charge on any atom is 0.148 e. The highest BCUT2D eigenvalue weighted by atomic mass is 35.5. The summed E-state index contributed by atoms with van der Waals surface area (Å²) < 4.78 is 19.4. The van der Waals surface area contributed by atoms with Gasteiger partial charge in [0.25, 0.3) is 0 Å². The molecule has 2 rings (SSSR count). The smallest absolute Gasteiger partial charge is 0.148 e. The molecule has 0 aliphatic carbocycles. The summed E-state index contributed by atoms with van der Waals surface area (Å²) >= 11 is 5.74. The normalized spacial score (nSPS) is 10.6. The molecule has 0 aliphatic rings. The molecular weight excluding hydrogens is 279 g/mol. The van der Waals surface area contributed by atoms with E-state index in [4.69, 9.17) is 22.1 Å². The minimum atomic E-state index is -0.449. The van der Waals surface area contributed by atoms with Crippen molar-refractivity contribution in [3.05, 3.63) is 58.1 Å². The Bertz CT molecular complexity index is 604. The molecule has 0 saturated carbocycles. The lowest BCUT2D eigenvalue weighted by Crippen LogP contribution is -2.08. The fourth-order valence-corrected chi connectivity index (χ4v) is 2.05. The van der Waals surface area contributed by atoms with Crippen LogP contribution >= 0.6 is 11.6 Å². The Morgan fingerprint density at radius 2 is 2.10 bits per heavy atom. The predicted molar refractivity (Wildman–Crippen MR) is 77.5 cm³/mol. The summed E-state index contributed by atoms with van der Waals surface area (Å²) in [6.45, 7) is 2.49. The van der Waals surface area contributed by atoms with Gasteiger partial charge >= 0.3 is 0 Å². The number of hydrogen-bond acceptors (Lipinski definition) is 3. The van der Waals surface area contributed by atoms with Crippen LogP contribution in [0, 0.1) is 12.7 Å². The molecule has 106 valence electrons. The summed E-state index contributed by atoms with van der Waals surface area (Å²) in [5.74, 6) is 0.176. The standard InChI is InChI=1S/C15H16ClFN2O/c1-10-5-6-14(13(19-10)7-8-18)20-9-11-3-2-4-12(16)15(11)17/h2-6H,7-9,18H2,1H3. The van der Waals surface area contributed by atoms with Crippen LogP contribution in [-0.2, 0) is 13.0 Å². The molecule has 5 heteroatoms. The zero-order valence-corrected chi connectivity index (χ0v) is 12.0. The highest BCUT2D eigenvalue weighted by molar-refractivity contribution is 6.30. The van der Waals surface area contributed by atoms with Crippen molar-refractivity contribution >= 4 is 11.6 Å². The summed E-state index contributed by atoms with van der Waals surface area (Å²) in [7, 11) is 0. The van der Waals surface area contributed by atoms with E-state index in [0.29, 0.717) is 24.3 Å². The first-order chi connectivity index (χ1) is 9.61. The van der Waals surface area contributed by atoms with Crippen LogP contribution in [0.4, 0.5) is 4.39 Å². The molecule has 0 unspecified atom stereocenters. The lowest BCUT2D eigenvalue weighted by Gasteiger charge is -2.12. The molecule has 0 radical (unpaired) electrons. The van der Waals surface area contributed by atoms with E-state index < -0.39 is 5.82 Å². The van der Waals surface area contributed by atoms with Gasteiger partial charge in [-0.1, -0.05) is 23.7 Å². The summed E-state index contributed by atoms with van der Waals surface area (Å²) in [5, 5.41) is 0.0929. The van der Waals surface area contributed by atoms with Crippen LogP contribution in [0.3, 0.4) is 0 Å². The Morgan fingerprint density at radius 1 is 1.30 bits per heavy atom. The quantitative estimate of drug-likeness (QED) is 0.921. The number of pyridine rings is 1. The van der Waals surface area contributed by atoms with Crippen molar-refractivity contribution in [2.24, 2.45) is 5.73 Å². The van der Waals surface area contributed by atoms with E-state index in [2.05, 4.69) is 4.98 Å². The molecule has 0 saturated heterocycles. The molecule has 0 atom stereocenters. The van der Waals surface area contributed by atoms with Gasteiger partial charge in [-0.3, -0.25) is 4.98 Å². The minimum Gasteiger partial charge on any atom is -0.487 e. The number of aromatic nitrogens is 1. The average Bonchev–Trinajstić information content (AvgIpc) is 2.42. The lowest BCUT2D eigenvalue weighted by molar-refractivity contribution is 0.295. The van der Waals surface area contributed by atoms with Gasteiger partial charge in [-0.05, 0) is 31.7 Å². The Kier molecular flexibility index (Phi) is 4.93. The van der Waals surface area contributed by atoms with E-state index in [1.807, 2.05) is 19.1 Å². The maximum atomic E-state index is 13.8. The molecule has 0 aliphatic heterocycles. The average molecular weight is 295 g/mol. The van der Waals surface area contributed by atoms with Crippen LogP contribution in [0.2, 0.25) is 5.02 Å². The first-order valence-corrected chi connectivity index (χ1v) is 6.72. The molecule has 1 heterocycles. The van der Waals surface area contributed by atoms with E-state index in [9.17, 15) is 4.39 Å². The minimum absolute atomic E-state index is 0.0929. The first kappa shape index (κ1) is 14.8. The van der Waals surface area contributed by atoms with Crippen molar-refractivity contribution < 1.29 is 9.13 Å². The molecule has 2 N–H and O–H groups in total. The van der Waals surface area contributed by atoms with Crippen LogP contribution in [0.25, 0.3) is 0 Å². The third-order valence-corrected chi connectivity index (χ3v) is 3.16. The van der Waals surface area contributed by atoms with Gasteiger partial charge in [0.2, 0.25) is 0 Å². The molecule has 0 amide bonds. The second kappa shape index (κ2) is 6.68. The van der Waals surface area contributed by atoms with Gasteiger partial charge in [0, 0.05) is 17.7 Å². The maximum absolute atomic E-state index is 13.8. The SMILES string of the molecule is Cc1ccc(OCc2cccc(Cl)c2F)c(CCN)n1. The Hall–Kier alpha value is -1.65.